The van der Waals surface area contributed by atoms with E-state index < -0.39 is 11.5 Å². The Balaban J connectivity index is 1.77. The van der Waals surface area contributed by atoms with Crippen molar-refractivity contribution in [3.8, 4) is 0 Å². The zero-order chi connectivity index (χ0) is 13.9. The second-order valence-corrected chi connectivity index (χ2v) is 5.85. The number of carboxylic acids is 1. The third kappa shape index (κ3) is 3.16. The van der Waals surface area contributed by atoms with Crippen LogP contribution in [-0.2, 0) is 11.2 Å². The van der Waals surface area contributed by atoms with Crippen molar-refractivity contribution in [1.29, 1.82) is 0 Å². The maximum Gasteiger partial charge on any atom is 0.324 e. The molecule has 1 fully saturated rings. The van der Waals surface area contributed by atoms with Crippen molar-refractivity contribution < 1.29 is 9.90 Å². The second-order valence-electron chi connectivity index (χ2n) is 5.85. The Morgan fingerprint density at radius 1 is 1.42 bits per heavy atom. The van der Waals surface area contributed by atoms with E-state index in [1.807, 2.05) is 18.2 Å². The maximum absolute atomic E-state index is 11.4. The van der Waals surface area contributed by atoms with E-state index >= 15 is 0 Å². The lowest BCUT2D eigenvalue weighted by molar-refractivity contribution is -0.141. The summed E-state index contributed by atoms with van der Waals surface area (Å²) in [4.78, 5) is 11.4. The van der Waals surface area contributed by atoms with Gasteiger partial charge in [0, 0.05) is 0 Å². The minimum atomic E-state index is -0.689. The van der Waals surface area contributed by atoms with Gasteiger partial charge in [-0.3, -0.25) is 4.79 Å². The van der Waals surface area contributed by atoms with Crippen LogP contribution in [0.3, 0.4) is 0 Å². The third-order valence-electron chi connectivity index (χ3n) is 4.13. The Bertz CT molecular complexity index is 430. The van der Waals surface area contributed by atoms with E-state index in [0.29, 0.717) is 5.92 Å². The minimum absolute atomic E-state index is 0.279. The van der Waals surface area contributed by atoms with Crippen LogP contribution >= 0.6 is 0 Å². The molecule has 0 aromatic heterocycles. The van der Waals surface area contributed by atoms with Crippen LogP contribution in [0.2, 0.25) is 0 Å². The van der Waals surface area contributed by atoms with Gasteiger partial charge in [0.15, 0.2) is 0 Å². The van der Waals surface area contributed by atoms with Crippen molar-refractivity contribution in [2.24, 2.45) is 11.8 Å². The lowest BCUT2D eigenvalue weighted by atomic mass is 10.0. The molecule has 0 heterocycles. The quantitative estimate of drug-likeness (QED) is 0.742. The van der Waals surface area contributed by atoms with Gasteiger partial charge in [0.25, 0.3) is 0 Å². The van der Waals surface area contributed by atoms with E-state index in [1.54, 1.807) is 0 Å². The standard InChI is InChI=1S/C16H23NO2/c1-12(2)14-11-16(14,15(18)19)17-10-6-9-13-7-4-3-5-8-13/h3-5,7-8,12,14,17H,6,9-11H2,1-2H3,(H,18,19)/t14-,16?/m0/s1. The minimum Gasteiger partial charge on any atom is -0.480 e. The van der Waals surface area contributed by atoms with Crippen LogP contribution in [0.4, 0.5) is 0 Å². The molecule has 3 nitrogen and oxygen atoms in total. The molecule has 104 valence electrons. The summed E-state index contributed by atoms with van der Waals surface area (Å²) >= 11 is 0. The van der Waals surface area contributed by atoms with Crippen LogP contribution < -0.4 is 5.32 Å². The van der Waals surface area contributed by atoms with E-state index in [0.717, 1.165) is 25.8 Å². The molecule has 0 bridgehead atoms. The van der Waals surface area contributed by atoms with Gasteiger partial charge in [-0.2, -0.15) is 0 Å². The fraction of sp³-hybridized carbons (Fsp3) is 0.562. The smallest absolute Gasteiger partial charge is 0.324 e. The number of rotatable bonds is 7. The molecule has 2 N–H and O–H groups in total. The van der Waals surface area contributed by atoms with Crippen molar-refractivity contribution in [3.63, 3.8) is 0 Å². The summed E-state index contributed by atoms with van der Waals surface area (Å²) in [6.07, 6.45) is 2.74. The molecule has 1 aliphatic rings. The number of hydrogen-bond donors (Lipinski definition) is 2. The number of nitrogens with one attached hydrogen (secondary N) is 1. The number of carbonyl (C=O) groups is 1. The Morgan fingerprint density at radius 3 is 2.63 bits per heavy atom. The number of benzene rings is 1. The van der Waals surface area contributed by atoms with E-state index in [4.69, 9.17) is 0 Å². The van der Waals surface area contributed by atoms with Gasteiger partial charge >= 0.3 is 5.97 Å². The van der Waals surface area contributed by atoms with Gasteiger partial charge in [-0.15, -0.1) is 0 Å². The van der Waals surface area contributed by atoms with E-state index in [2.05, 4.69) is 31.3 Å². The molecule has 0 spiro atoms. The number of aryl methyl sites for hydroxylation is 1. The lowest BCUT2D eigenvalue weighted by Gasteiger charge is -2.16. The van der Waals surface area contributed by atoms with E-state index in [9.17, 15) is 9.90 Å². The fourth-order valence-corrected chi connectivity index (χ4v) is 2.87. The molecule has 1 aromatic carbocycles. The Hall–Kier alpha value is -1.35. The van der Waals surface area contributed by atoms with E-state index in [-0.39, 0.29) is 5.92 Å². The molecule has 0 amide bonds. The Morgan fingerprint density at radius 2 is 2.11 bits per heavy atom. The first-order chi connectivity index (χ1) is 9.06. The molecule has 1 unspecified atom stereocenters. The topological polar surface area (TPSA) is 49.3 Å². The molecule has 0 aliphatic heterocycles. The number of aliphatic carboxylic acids is 1. The first-order valence-corrected chi connectivity index (χ1v) is 7.08. The molecule has 3 heteroatoms. The highest BCUT2D eigenvalue weighted by molar-refractivity contribution is 5.83. The van der Waals surface area contributed by atoms with Crippen LogP contribution in [0, 0.1) is 11.8 Å². The SMILES string of the molecule is CC(C)[C@@H]1CC1(NCCCc1ccccc1)C(=O)O. The second kappa shape index (κ2) is 5.74. The number of carboxylic acid groups (broad SMARTS) is 1. The van der Waals surface area contributed by atoms with Crippen molar-refractivity contribution in [1.82, 2.24) is 5.32 Å². The predicted molar refractivity (Wildman–Crippen MR) is 76.1 cm³/mol. The third-order valence-corrected chi connectivity index (χ3v) is 4.13. The van der Waals surface area contributed by atoms with Crippen LogP contribution in [-0.4, -0.2) is 23.2 Å². The average molecular weight is 261 g/mol. The zero-order valence-electron chi connectivity index (χ0n) is 11.7. The molecule has 19 heavy (non-hydrogen) atoms. The van der Waals surface area contributed by atoms with Crippen LogP contribution in [0.5, 0.6) is 0 Å². The fourth-order valence-electron chi connectivity index (χ4n) is 2.87. The van der Waals surface area contributed by atoms with Crippen LogP contribution in [0.25, 0.3) is 0 Å². The zero-order valence-corrected chi connectivity index (χ0v) is 11.7. The molecular weight excluding hydrogens is 238 g/mol. The molecule has 0 saturated heterocycles. The first kappa shape index (κ1) is 14.1. The molecular formula is C16H23NO2. The molecule has 1 aromatic rings. The molecule has 1 saturated carbocycles. The van der Waals surface area contributed by atoms with Gasteiger partial charge in [0.2, 0.25) is 0 Å². The summed E-state index contributed by atoms with van der Waals surface area (Å²) < 4.78 is 0. The molecule has 2 rings (SSSR count). The first-order valence-electron chi connectivity index (χ1n) is 7.08. The van der Waals surface area contributed by atoms with Crippen LogP contribution in [0.1, 0.15) is 32.3 Å². The van der Waals surface area contributed by atoms with Gasteiger partial charge < -0.3 is 10.4 Å². The summed E-state index contributed by atoms with van der Waals surface area (Å²) in [5.41, 5.74) is 0.662. The summed E-state index contributed by atoms with van der Waals surface area (Å²) in [6.45, 7) is 4.96. The van der Waals surface area contributed by atoms with Gasteiger partial charge in [0.05, 0.1) is 0 Å². The van der Waals surface area contributed by atoms with Crippen molar-refractivity contribution in [3.05, 3.63) is 35.9 Å². The Kier molecular flexibility index (Phi) is 4.25. The lowest BCUT2D eigenvalue weighted by Crippen LogP contribution is -2.42. The van der Waals surface area contributed by atoms with Gasteiger partial charge in [-0.25, -0.2) is 0 Å². The molecule has 2 atom stereocenters. The predicted octanol–water partition coefficient (Wildman–Crippen LogP) is 2.71. The summed E-state index contributed by atoms with van der Waals surface area (Å²) in [5.74, 6) is 0.0189. The average Bonchev–Trinajstić information content (AvgIpc) is 3.12. The van der Waals surface area contributed by atoms with Crippen molar-refractivity contribution in [2.75, 3.05) is 6.54 Å². The number of hydrogen-bond acceptors (Lipinski definition) is 2. The highest BCUT2D eigenvalue weighted by Crippen LogP contribution is 2.48. The summed E-state index contributed by atoms with van der Waals surface area (Å²) in [6, 6.07) is 10.3. The largest absolute Gasteiger partial charge is 0.480 e. The monoisotopic (exact) mass is 261 g/mol. The van der Waals surface area contributed by atoms with Gasteiger partial charge in [-0.05, 0) is 43.2 Å². The van der Waals surface area contributed by atoms with Crippen molar-refractivity contribution in [2.45, 2.75) is 38.6 Å². The molecule has 1 aliphatic carbocycles. The highest BCUT2D eigenvalue weighted by atomic mass is 16.4. The molecule has 0 radical (unpaired) electrons. The van der Waals surface area contributed by atoms with Gasteiger partial charge in [0.1, 0.15) is 5.54 Å². The summed E-state index contributed by atoms with van der Waals surface area (Å²) in [7, 11) is 0. The highest BCUT2D eigenvalue weighted by Gasteiger charge is 2.61. The normalized spacial score (nSPS) is 25.5. The van der Waals surface area contributed by atoms with Crippen molar-refractivity contribution >= 4 is 5.97 Å². The van der Waals surface area contributed by atoms with Crippen LogP contribution in [0.15, 0.2) is 30.3 Å². The van der Waals surface area contributed by atoms with E-state index in [1.165, 1.54) is 5.56 Å². The Labute approximate surface area is 115 Å². The summed E-state index contributed by atoms with van der Waals surface area (Å²) in [5, 5.41) is 12.6. The van der Waals surface area contributed by atoms with Gasteiger partial charge in [-0.1, -0.05) is 44.2 Å². The maximum atomic E-state index is 11.4.